The van der Waals surface area contributed by atoms with Crippen molar-refractivity contribution >= 4 is 17.2 Å². The summed E-state index contributed by atoms with van der Waals surface area (Å²) >= 11 is 1.52. The third-order valence-electron chi connectivity index (χ3n) is 6.42. The number of aliphatic hydroxyl groups excluding tert-OH is 1. The highest BCUT2D eigenvalue weighted by Crippen LogP contribution is 2.61. The van der Waals surface area contributed by atoms with E-state index < -0.39 is 17.7 Å². The maximum Gasteiger partial charge on any atom is 0.224 e. The van der Waals surface area contributed by atoms with Gasteiger partial charge in [0.25, 0.3) is 0 Å². The molecule has 2 aliphatic carbocycles. The van der Waals surface area contributed by atoms with Crippen LogP contribution in [-0.2, 0) is 16.6 Å². The van der Waals surface area contributed by atoms with E-state index in [2.05, 4.69) is 29.6 Å². The van der Waals surface area contributed by atoms with Gasteiger partial charge in [-0.05, 0) is 55.7 Å². The van der Waals surface area contributed by atoms with Crippen LogP contribution in [0.15, 0.2) is 35.7 Å². The van der Waals surface area contributed by atoms with Gasteiger partial charge in [0.1, 0.15) is 17.5 Å². The zero-order chi connectivity index (χ0) is 18.1. The molecular formula is C21H23NO3S. The van der Waals surface area contributed by atoms with Crippen molar-refractivity contribution in [2.45, 2.75) is 56.3 Å². The number of hydrogen-bond donors (Lipinski definition) is 2. The molecule has 2 unspecified atom stereocenters. The predicted molar refractivity (Wildman–Crippen MR) is 100 cm³/mol. The molecule has 5 heteroatoms. The number of thiophene rings is 1. The second kappa shape index (κ2) is 5.33. The van der Waals surface area contributed by atoms with Gasteiger partial charge in [0.05, 0.1) is 10.9 Å². The van der Waals surface area contributed by atoms with Gasteiger partial charge in [0, 0.05) is 11.3 Å². The smallest absolute Gasteiger partial charge is 0.224 e. The van der Waals surface area contributed by atoms with Crippen LogP contribution < -0.4 is 10.1 Å². The molecule has 1 spiro atoms. The Morgan fingerprint density at radius 2 is 2.12 bits per heavy atom. The highest BCUT2D eigenvalue weighted by molar-refractivity contribution is 7.10. The minimum Gasteiger partial charge on any atom is -0.484 e. The van der Waals surface area contributed by atoms with Crippen LogP contribution in [0.3, 0.4) is 0 Å². The topological polar surface area (TPSA) is 58.6 Å². The zero-order valence-electron chi connectivity index (χ0n) is 15.0. The number of benzene rings is 1. The summed E-state index contributed by atoms with van der Waals surface area (Å²) in [6.07, 6.45) is 2.25. The number of carbonyl (C=O) groups is 1. The molecule has 1 fully saturated rings. The molecule has 1 saturated carbocycles. The second-order valence-electron chi connectivity index (χ2n) is 8.36. The zero-order valence-corrected chi connectivity index (χ0v) is 15.8. The van der Waals surface area contributed by atoms with Gasteiger partial charge >= 0.3 is 0 Å². The summed E-state index contributed by atoms with van der Waals surface area (Å²) in [5.41, 5.74) is 2.03. The van der Waals surface area contributed by atoms with Crippen LogP contribution in [0, 0.1) is 5.92 Å². The van der Waals surface area contributed by atoms with Crippen LogP contribution in [0.25, 0.3) is 0 Å². The number of ether oxygens (including phenoxy) is 1. The molecule has 136 valence electrons. The summed E-state index contributed by atoms with van der Waals surface area (Å²) in [5.74, 6) is 0.836. The Balaban J connectivity index is 1.39. The molecular weight excluding hydrogens is 346 g/mol. The SMILES string of the molecule is CC1(C)Oc2ccsc2[C@@H](NC(=O)C2CC23CCc2ccccc23)[C@@H]1O. The molecule has 2 heterocycles. The van der Waals surface area contributed by atoms with Crippen molar-refractivity contribution < 1.29 is 14.6 Å². The summed E-state index contributed by atoms with van der Waals surface area (Å²) in [5, 5.41) is 15.9. The van der Waals surface area contributed by atoms with Gasteiger partial charge in [0.15, 0.2) is 0 Å². The maximum absolute atomic E-state index is 13.1. The molecule has 2 aromatic rings. The van der Waals surface area contributed by atoms with Crippen molar-refractivity contribution in [1.29, 1.82) is 0 Å². The third-order valence-corrected chi connectivity index (χ3v) is 7.41. The largest absolute Gasteiger partial charge is 0.484 e. The minimum atomic E-state index is -0.775. The fraction of sp³-hybridized carbons (Fsp3) is 0.476. The first-order chi connectivity index (χ1) is 12.4. The average molecular weight is 369 g/mol. The molecule has 4 nitrogen and oxygen atoms in total. The lowest BCUT2D eigenvalue weighted by Gasteiger charge is -2.40. The quantitative estimate of drug-likeness (QED) is 0.854. The van der Waals surface area contributed by atoms with E-state index >= 15 is 0 Å². The molecule has 3 aliphatic rings. The molecule has 0 bridgehead atoms. The normalized spacial score (nSPS) is 33.3. The highest BCUT2D eigenvalue weighted by Gasteiger charge is 2.61. The molecule has 26 heavy (non-hydrogen) atoms. The van der Waals surface area contributed by atoms with E-state index in [-0.39, 0.29) is 17.2 Å². The van der Waals surface area contributed by atoms with Gasteiger partial charge in [-0.3, -0.25) is 4.79 Å². The van der Waals surface area contributed by atoms with Crippen LogP contribution in [0.2, 0.25) is 0 Å². The summed E-state index contributed by atoms with van der Waals surface area (Å²) < 4.78 is 5.91. The number of aryl methyl sites for hydroxylation is 1. The summed E-state index contributed by atoms with van der Waals surface area (Å²) in [7, 11) is 0. The average Bonchev–Trinajstić information content (AvgIpc) is 2.97. The van der Waals surface area contributed by atoms with Crippen LogP contribution in [0.1, 0.15) is 48.7 Å². The lowest BCUT2D eigenvalue weighted by Crippen LogP contribution is -2.53. The number of aliphatic hydroxyl groups is 1. The molecule has 5 rings (SSSR count). The number of carbonyl (C=O) groups excluding carboxylic acids is 1. The molecule has 1 aromatic heterocycles. The number of rotatable bonds is 2. The Morgan fingerprint density at radius 1 is 1.31 bits per heavy atom. The Bertz CT molecular complexity index is 889. The van der Waals surface area contributed by atoms with E-state index in [0.29, 0.717) is 0 Å². The van der Waals surface area contributed by atoms with Crippen LogP contribution in [0.4, 0.5) is 0 Å². The van der Waals surface area contributed by atoms with Crippen molar-refractivity contribution in [2.24, 2.45) is 5.92 Å². The lowest BCUT2D eigenvalue weighted by atomic mass is 9.90. The molecule has 2 N–H and O–H groups in total. The van der Waals surface area contributed by atoms with Gasteiger partial charge in [-0.15, -0.1) is 11.3 Å². The van der Waals surface area contributed by atoms with Gasteiger partial charge in [-0.2, -0.15) is 0 Å². The number of fused-ring (bicyclic) bond motifs is 3. The Labute approximate surface area is 157 Å². The van der Waals surface area contributed by atoms with E-state index in [1.165, 1.54) is 22.5 Å². The Morgan fingerprint density at radius 3 is 2.96 bits per heavy atom. The summed E-state index contributed by atoms with van der Waals surface area (Å²) in [6.45, 7) is 3.73. The van der Waals surface area contributed by atoms with Crippen molar-refractivity contribution in [1.82, 2.24) is 5.32 Å². The summed E-state index contributed by atoms with van der Waals surface area (Å²) in [6, 6.07) is 10.0. The first-order valence-electron chi connectivity index (χ1n) is 9.26. The van der Waals surface area contributed by atoms with E-state index in [1.807, 2.05) is 25.3 Å². The monoisotopic (exact) mass is 369 g/mol. The minimum absolute atomic E-state index is 0.00715. The van der Waals surface area contributed by atoms with Crippen molar-refractivity contribution in [3.63, 3.8) is 0 Å². The van der Waals surface area contributed by atoms with E-state index in [1.54, 1.807) is 0 Å². The van der Waals surface area contributed by atoms with Crippen LogP contribution in [0.5, 0.6) is 5.75 Å². The standard InChI is InChI=1S/C21H23NO3S/c1-20(2)18(23)16(17-15(25-20)8-10-26-17)22-19(24)14-11-21(14)9-7-12-5-3-4-6-13(12)21/h3-6,8,10,14,16,18,23H,7,9,11H2,1-2H3,(H,22,24)/t14?,16-,18+,21?/m1/s1. The lowest BCUT2D eigenvalue weighted by molar-refractivity contribution is -0.127. The van der Waals surface area contributed by atoms with Gasteiger partial charge in [-0.25, -0.2) is 0 Å². The van der Waals surface area contributed by atoms with Crippen molar-refractivity contribution in [3.05, 3.63) is 51.7 Å². The Hall–Kier alpha value is -1.85. The van der Waals surface area contributed by atoms with E-state index in [4.69, 9.17) is 4.74 Å². The van der Waals surface area contributed by atoms with Gasteiger partial charge in [0.2, 0.25) is 5.91 Å². The van der Waals surface area contributed by atoms with E-state index in [0.717, 1.165) is 29.9 Å². The van der Waals surface area contributed by atoms with Crippen LogP contribution in [-0.4, -0.2) is 22.7 Å². The Kier molecular flexibility index (Phi) is 3.35. The highest BCUT2D eigenvalue weighted by atomic mass is 32.1. The van der Waals surface area contributed by atoms with E-state index in [9.17, 15) is 9.90 Å². The number of amides is 1. The molecule has 1 aromatic carbocycles. The van der Waals surface area contributed by atoms with Gasteiger partial charge < -0.3 is 15.2 Å². The first kappa shape index (κ1) is 16.3. The first-order valence-corrected chi connectivity index (χ1v) is 10.1. The second-order valence-corrected chi connectivity index (χ2v) is 9.30. The number of nitrogens with one attached hydrogen (secondary N) is 1. The van der Waals surface area contributed by atoms with Crippen molar-refractivity contribution in [2.75, 3.05) is 0 Å². The van der Waals surface area contributed by atoms with Crippen LogP contribution >= 0.6 is 11.3 Å². The van der Waals surface area contributed by atoms with Gasteiger partial charge in [-0.1, -0.05) is 24.3 Å². The fourth-order valence-corrected chi connectivity index (χ4v) is 5.74. The third kappa shape index (κ3) is 2.20. The summed E-state index contributed by atoms with van der Waals surface area (Å²) in [4.78, 5) is 14.0. The molecule has 0 saturated heterocycles. The molecule has 4 atom stereocenters. The molecule has 1 aliphatic heterocycles. The molecule has 0 radical (unpaired) electrons. The molecule has 1 amide bonds. The predicted octanol–water partition coefficient (Wildman–Crippen LogP) is 3.34. The van der Waals surface area contributed by atoms with Crippen molar-refractivity contribution in [3.8, 4) is 5.75 Å². The fourth-order valence-electron chi connectivity index (χ4n) is 4.85. The maximum atomic E-state index is 13.1. The number of hydrogen-bond acceptors (Lipinski definition) is 4.